The normalized spacial score (nSPS) is 15.4. The highest BCUT2D eigenvalue weighted by Gasteiger charge is 2.33. The summed E-state index contributed by atoms with van der Waals surface area (Å²) in [6.07, 6.45) is -0.0301. The number of aromatic nitrogens is 2. The monoisotopic (exact) mass is 398 g/mol. The third-order valence-corrected chi connectivity index (χ3v) is 5.15. The molecule has 0 bridgehead atoms. The topological polar surface area (TPSA) is 76.0 Å². The molecular formula is C19H15ClN4O2S. The Morgan fingerprint density at radius 2 is 1.96 bits per heavy atom. The summed E-state index contributed by atoms with van der Waals surface area (Å²) in [5, 5.41) is 7.01. The zero-order valence-electron chi connectivity index (χ0n) is 14.1. The van der Waals surface area contributed by atoms with Crippen LogP contribution in [0.3, 0.4) is 0 Å². The molecule has 27 heavy (non-hydrogen) atoms. The van der Waals surface area contributed by atoms with Crippen molar-refractivity contribution in [3.63, 3.8) is 0 Å². The number of carbonyl (C=O) groups excluding carboxylic acids is 2. The molecule has 0 spiro atoms. The van der Waals surface area contributed by atoms with E-state index >= 15 is 0 Å². The summed E-state index contributed by atoms with van der Waals surface area (Å²) < 4.78 is 1.89. The Hall–Kier alpha value is -2.77. The molecule has 0 saturated carbocycles. The summed E-state index contributed by atoms with van der Waals surface area (Å²) in [6.45, 7) is 0.293. The predicted molar refractivity (Wildman–Crippen MR) is 106 cm³/mol. The van der Waals surface area contributed by atoms with Crippen LogP contribution in [0.4, 0.5) is 5.82 Å². The van der Waals surface area contributed by atoms with E-state index in [1.807, 2.05) is 42.5 Å². The van der Waals surface area contributed by atoms with Crippen LogP contribution in [-0.4, -0.2) is 21.4 Å². The lowest BCUT2D eigenvalue weighted by Gasteiger charge is -2.13. The third-order valence-electron chi connectivity index (χ3n) is 4.49. The second-order valence-corrected chi connectivity index (χ2v) is 6.98. The standard InChI is InChI=1S/C19H15ClN4O2S/c20-13-7-3-1-5-11(13)10-21-16(25)9-15-18(26)23-17-12-6-2-4-8-14(12)22-19(27)24(15)17/h1-8,15H,9-10H2,(H,21,25)(H,23,26). The lowest BCUT2D eigenvalue weighted by Crippen LogP contribution is -2.28. The first-order valence-electron chi connectivity index (χ1n) is 8.37. The highest BCUT2D eigenvalue weighted by atomic mass is 35.5. The van der Waals surface area contributed by atoms with Gasteiger partial charge in [0.15, 0.2) is 0 Å². The van der Waals surface area contributed by atoms with Crippen LogP contribution in [0.5, 0.6) is 0 Å². The predicted octanol–water partition coefficient (Wildman–Crippen LogP) is 3.62. The van der Waals surface area contributed by atoms with Crippen LogP contribution in [0, 0.1) is 4.77 Å². The van der Waals surface area contributed by atoms with Gasteiger partial charge in [0.1, 0.15) is 11.9 Å². The minimum atomic E-state index is -0.726. The van der Waals surface area contributed by atoms with E-state index in [0.717, 1.165) is 10.9 Å². The highest BCUT2D eigenvalue weighted by molar-refractivity contribution is 7.71. The lowest BCUT2D eigenvalue weighted by atomic mass is 10.1. The van der Waals surface area contributed by atoms with Gasteiger partial charge in [-0.2, -0.15) is 0 Å². The molecule has 4 rings (SSSR count). The average molecular weight is 399 g/mol. The van der Waals surface area contributed by atoms with E-state index in [2.05, 4.69) is 15.6 Å². The molecule has 2 heterocycles. The van der Waals surface area contributed by atoms with Gasteiger partial charge in [-0.15, -0.1) is 0 Å². The molecule has 2 amide bonds. The van der Waals surface area contributed by atoms with E-state index in [-0.39, 0.29) is 23.0 Å². The van der Waals surface area contributed by atoms with Crippen molar-refractivity contribution in [2.45, 2.75) is 19.0 Å². The lowest BCUT2D eigenvalue weighted by molar-refractivity contribution is -0.126. The van der Waals surface area contributed by atoms with E-state index in [1.165, 1.54) is 0 Å². The zero-order valence-corrected chi connectivity index (χ0v) is 15.7. The summed E-state index contributed by atoms with van der Waals surface area (Å²) in [5.74, 6) is 0.0460. The van der Waals surface area contributed by atoms with Crippen LogP contribution in [0.2, 0.25) is 5.02 Å². The van der Waals surface area contributed by atoms with E-state index < -0.39 is 6.04 Å². The Morgan fingerprint density at radius 1 is 1.22 bits per heavy atom. The van der Waals surface area contributed by atoms with Crippen LogP contribution < -0.4 is 10.6 Å². The summed E-state index contributed by atoms with van der Waals surface area (Å²) in [5.41, 5.74) is 1.52. The molecule has 2 N–H and O–H groups in total. The number of carbonyl (C=O) groups is 2. The van der Waals surface area contributed by atoms with Crippen LogP contribution >= 0.6 is 23.8 Å². The van der Waals surface area contributed by atoms with Crippen LogP contribution in [0.15, 0.2) is 48.5 Å². The number of fused-ring (bicyclic) bond motifs is 3. The molecule has 0 fully saturated rings. The number of halogens is 1. The summed E-state index contributed by atoms with van der Waals surface area (Å²) in [4.78, 5) is 29.3. The van der Waals surface area contributed by atoms with Crippen LogP contribution in [0.1, 0.15) is 18.0 Å². The Morgan fingerprint density at radius 3 is 2.78 bits per heavy atom. The Kier molecular flexibility index (Phi) is 4.63. The fourth-order valence-electron chi connectivity index (χ4n) is 3.15. The quantitative estimate of drug-likeness (QED) is 0.658. The Labute approximate surface area is 165 Å². The first-order valence-corrected chi connectivity index (χ1v) is 9.15. The number of anilines is 1. The van der Waals surface area contributed by atoms with Crippen LogP contribution in [0.25, 0.3) is 10.9 Å². The molecule has 2 aromatic carbocycles. The number of amides is 2. The smallest absolute Gasteiger partial charge is 0.249 e. The van der Waals surface area contributed by atoms with Gasteiger partial charge in [0.05, 0.1) is 11.9 Å². The van der Waals surface area contributed by atoms with E-state index in [4.69, 9.17) is 23.8 Å². The fourth-order valence-corrected chi connectivity index (χ4v) is 3.67. The van der Waals surface area contributed by atoms with Gasteiger partial charge in [-0.05, 0) is 36.0 Å². The largest absolute Gasteiger partial charge is 0.352 e. The van der Waals surface area contributed by atoms with Crippen molar-refractivity contribution < 1.29 is 9.59 Å². The molecule has 1 aliphatic rings. The second-order valence-electron chi connectivity index (χ2n) is 6.21. The van der Waals surface area contributed by atoms with E-state index in [0.29, 0.717) is 22.9 Å². The number of hydrogen-bond acceptors (Lipinski definition) is 4. The molecule has 0 radical (unpaired) electrons. The molecule has 8 heteroatoms. The molecule has 1 aliphatic heterocycles. The third kappa shape index (κ3) is 3.31. The molecule has 6 nitrogen and oxygen atoms in total. The van der Waals surface area contributed by atoms with E-state index in [9.17, 15) is 9.59 Å². The maximum absolute atomic E-state index is 12.5. The van der Waals surface area contributed by atoms with Gasteiger partial charge in [-0.1, -0.05) is 41.9 Å². The fraction of sp³-hybridized carbons (Fsp3) is 0.158. The summed E-state index contributed by atoms with van der Waals surface area (Å²) in [7, 11) is 0. The number of nitrogens with one attached hydrogen (secondary N) is 2. The second kappa shape index (κ2) is 7.09. The van der Waals surface area contributed by atoms with Crippen molar-refractivity contribution in [2.24, 2.45) is 0 Å². The first kappa shape index (κ1) is 17.6. The SMILES string of the molecule is O=C(CC1C(=O)Nc2c3ccccc3nc(=S)n21)NCc1ccccc1Cl. The van der Waals surface area contributed by atoms with Crippen molar-refractivity contribution in [2.75, 3.05) is 5.32 Å². The molecule has 136 valence electrons. The number of rotatable bonds is 4. The average Bonchev–Trinajstić information content (AvgIpc) is 2.98. The molecule has 0 saturated heterocycles. The Bertz CT molecular complexity index is 1130. The highest BCUT2D eigenvalue weighted by Crippen LogP contribution is 2.32. The summed E-state index contributed by atoms with van der Waals surface area (Å²) in [6, 6.07) is 14.0. The van der Waals surface area contributed by atoms with Crippen molar-refractivity contribution in [3.8, 4) is 0 Å². The van der Waals surface area contributed by atoms with E-state index in [1.54, 1.807) is 10.6 Å². The minimum Gasteiger partial charge on any atom is -0.352 e. The molecule has 1 atom stereocenters. The maximum Gasteiger partial charge on any atom is 0.249 e. The molecule has 1 unspecified atom stereocenters. The van der Waals surface area contributed by atoms with Gasteiger partial charge in [-0.25, -0.2) is 4.98 Å². The number of benzene rings is 2. The van der Waals surface area contributed by atoms with Gasteiger partial charge in [0.2, 0.25) is 16.6 Å². The van der Waals surface area contributed by atoms with Crippen LogP contribution in [-0.2, 0) is 16.1 Å². The molecule has 1 aromatic heterocycles. The van der Waals surface area contributed by atoms with Gasteiger partial charge >= 0.3 is 0 Å². The molecule has 0 aliphatic carbocycles. The van der Waals surface area contributed by atoms with Crippen molar-refractivity contribution in [1.82, 2.24) is 14.9 Å². The van der Waals surface area contributed by atoms with Gasteiger partial charge in [0.25, 0.3) is 0 Å². The van der Waals surface area contributed by atoms with Gasteiger partial charge < -0.3 is 10.6 Å². The van der Waals surface area contributed by atoms with Gasteiger partial charge in [0, 0.05) is 17.0 Å². The first-order chi connectivity index (χ1) is 13.0. The maximum atomic E-state index is 12.5. The number of hydrogen-bond donors (Lipinski definition) is 2. The van der Waals surface area contributed by atoms with Gasteiger partial charge in [-0.3, -0.25) is 14.2 Å². The number of para-hydroxylation sites is 1. The molecular weight excluding hydrogens is 384 g/mol. The molecule has 3 aromatic rings. The van der Waals surface area contributed by atoms with Crippen molar-refractivity contribution in [1.29, 1.82) is 0 Å². The number of nitrogens with zero attached hydrogens (tertiary/aromatic N) is 2. The van der Waals surface area contributed by atoms with Crippen molar-refractivity contribution in [3.05, 3.63) is 63.9 Å². The summed E-state index contributed by atoms with van der Waals surface area (Å²) >= 11 is 11.5. The zero-order chi connectivity index (χ0) is 19.0. The minimum absolute atomic E-state index is 0.0301. The van der Waals surface area contributed by atoms with Crippen molar-refractivity contribution >= 4 is 52.4 Å². The Balaban J connectivity index is 1.57.